The summed E-state index contributed by atoms with van der Waals surface area (Å²) in [5.41, 5.74) is -0.117. The van der Waals surface area contributed by atoms with E-state index >= 15 is 0 Å². The molecule has 2 fully saturated rings. The van der Waals surface area contributed by atoms with Gasteiger partial charge in [-0.1, -0.05) is 0 Å². The third-order valence-electron chi connectivity index (χ3n) is 3.75. The van der Waals surface area contributed by atoms with E-state index in [-0.39, 0.29) is 18.7 Å². The van der Waals surface area contributed by atoms with E-state index in [2.05, 4.69) is 0 Å². The number of ether oxygens (including phenoxy) is 1. The number of rotatable bonds is 1. The van der Waals surface area contributed by atoms with Crippen molar-refractivity contribution in [2.75, 3.05) is 13.2 Å². The second-order valence-corrected chi connectivity index (χ2v) is 6.48. The minimum absolute atomic E-state index is 0.0370. The Bertz CT molecular complexity index is 304. The van der Waals surface area contributed by atoms with Gasteiger partial charge in [-0.15, -0.1) is 0 Å². The molecule has 1 spiro atoms. The highest BCUT2D eigenvalue weighted by molar-refractivity contribution is 5.69. The lowest BCUT2D eigenvalue weighted by Gasteiger charge is -2.39. The normalized spacial score (nSPS) is 27.1. The lowest BCUT2D eigenvalue weighted by Crippen LogP contribution is -2.50. The zero-order chi connectivity index (χ0) is 12.7. The van der Waals surface area contributed by atoms with Gasteiger partial charge in [0.15, 0.2) is 0 Å². The number of carbonyl (C=O) groups is 1. The number of nitrogens with zero attached hydrogens (tertiary/aromatic N) is 1. The molecule has 1 saturated carbocycles. The molecule has 1 atom stereocenters. The van der Waals surface area contributed by atoms with Crippen LogP contribution in [0, 0.1) is 5.41 Å². The summed E-state index contributed by atoms with van der Waals surface area (Å²) in [4.78, 5) is 13.8. The molecule has 1 N–H and O–H groups in total. The van der Waals surface area contributed by atoms with Crippen molar-refractivity contribution in [2.45, 2.75) is 58.1 Å². The van der Waals surface area contributed by atoms with E-state index < -0.39 is 5.60 Å². The zero-order valence-electron chi connectivity index (χ0n) is 11.0. The first-order valence-corrected chi connectivity index (χ1v) is 6.46. The largest absolute Gasteiger partial charge is 0.444 e. The first kappa shape index (κ1) is 12.7. The Morgan fingerprint density at radius 1 is 1.41 bits per heavy atom. The minimum Gasteiger partial charge on any atom is -0.444 e. The van der Waals surface area contributed by atoms with Crippen LogP contribution in [0.5, 0.6) is 0 Å². The van der Waals surface area contributed by atoms with Crippen molar-refractivity contribution in [3.05, 3.63) is 0 Å². The summed E-state index contributed by atoms with van der Waals surface area (Å²) >= 11 is 0. The van der Waals surface area contributed by atoms with Crippen LogP contribution >= 0.6 is 0 Å². The average molecular weight is 241 g/mol. The molecule has 4 heteroatoms. The number of carbonyl (C=O) groups excluding carboxylic acids is 1. The molecule has 1 aliphatic heterocycles. The maximum atomic E-state index is 12.1. The van der Waals surface area contributed by atoms with Gasteiger partial charge in [0, 0.05) is 6.54 Å². The molecule has 2 rings (SSSR count). The van der Waals surface area contributed by atoms with Crippen molar-refractivity contribution >= 4 is 6.09 Å². The summed E-state index contributed by atoms with van der Waals surface area (Å²) in [5.74, 6) is 0. The Labute approximate surface area is 103 Å². The molecule has 1 saturated heterocycles. The molecule has 98 valence electrons. The van der Waals surface area contributed by atoms with Gasteiger partial charge in [-0.25, -0.2) is 4.79 Å². The van der Waals surface area contributed by atoms with Crippen LogP contribution in [-0.2, 0) is 4.74 Å². The van der Waals surface area contributed by atoms with Gasteiger partial charge in [0.2, 0.25) is 0 Å². The average Bonchev–Trinajstić information content (AvgIpc) is 2.95. The van der Waals surface area contributed by atoms with E-state index in [1.807, 2.05) is 20.8 Å². The topological polar surface area (TPSA) is 49.8 Å². The van der Waals surface area contributed by atoms with E-state index in [1.165, 1.54) is 12.8 Å². The van der Waals surface area contributed by atoms with Crippen molar-refractivity contribution in [3.8, 4) is 0 Å². The van der Waals surface area contributed by atoms with E-state index in [0.29, 0.717) is 5.41 Å². The Morgan fingerprint density at radius 3 is 2.53 bits per heavy atom. The molecule has 0 aromatic rings. The summed E-state index contributed by atoms with van der Waals surface area (Å²) < 4.78 is 5.41. The van der Waals surface area contributed by atoms with E-state index in [0.717, 1.165) is 19.4 Å². The summed E-state index contributed by atoms with van der Waals surface area (Å²) in [7, 11) is 0. The number of likely N-dealkylation sites (tertiary alicyclic amines) is 1. The SMILES string of the molecule is CC(C)(C)OC(=O)N1CC2(CC[C@H]1CO)CC2. The lowest BCUT2D eigenvalue weighted by atomic mass is 9.91. The Morgan fingerprint density at radius 2 is 2.06 bits per heavy atom. The highest BCUT2D eigenvalue weighted by atomic mass is 16.6. The number of piperidine rings is 1. The van der Waals surface area contributed by atoms with Gasteiger partial charge < -0.3 is 14.7 Å². The van der Waals surface area contributed by atoms with Gasteiger partial charge in [0.25, 0.3) is 0 Å². The van der Waals surface area contributed by atoms with Crippen molar-refractivity contribution in [1.29, 1.82) is 0 Å². The molecule has 0 unspecified atom stereocenters. The highest BCUT2D eigenvalue weighted by Crippen LogP contribution is 2.53. The molecular weight excluding hydrogens is 218 g/mol. The molecule has 0 radical (unpaired) electrons. The number of hydrogen-bond donors (Lipinski definition) is 1. The highest BCUT2D eigenvalue weighted by Gasteiger charge is 2.49. The summed E-state index contributed by atoms with van der Waals surface area (Å²) in [5, 5.41) is 9.35. The predicted octanol–water partition coefficient (Wildman–Crippen LogP) is 2.16. The molecule has 1 amide bonds. The van der Waals surface area contributed by atoms with Gasteiger partial charge >= 0.3 is 6.09 Å². The first-order chi connectivity index (χ1) is 7.85. The smallest absolute Gasteiger partial charge is 0.410 e. The Hall–Kier alpha value is -0.770. The van der Waals surface area contributed by atoms with Crippen molar-refractivity contribution in [2.24, 2.45) is 5.41 Å². The summed E-state index contributed by atoms with van der Waals surface area (Å²) in [6.07, 6.45) is 4.19. The van der Waals surface area contributed by atoms with Crippen molar-refractivity contribution < 1.29 is 14.6 Å². The molecule has 2 aliphatic rings. The predicted molar refractivity (Wildman–Crippen MR) is 64.7 cm³/mol. The fourth-order valence-electron chi connectivity index (χ4n) is 2.51. The second kappa shape index (κ2) is 4.16. The van der Waals surface area contributed by atoms with Crippen LogP contribution in [0.2, 0.25) is 0 Å². The van der Waals surface area contributed by atoms with Crippen LogP contribution in [0.25, 0.3) is 0 Å². The summed E-state index contributed by atoms with van der Waals surface area (Å²) in [6, 6.07) is -0.0592. The van der Waals surface area contributed by atoms with Crippen LogP contribution in [0.3, 0.4) is 0 Å². The number of aliphatic hydroxyl groups is 1. The first-order valence-electron chi connectivity index (χ1n) is 6.46. The van der Waals surface area contributed by atoms with Gasteiger partial charge in [-0.2, -0.15) is 0 Å². The van der Waals surface area contributed by atoms with Gasteiger partial charge in [-0.3, -0.25) is 0 Å². The van der Waals surface area contributed by atoms with Gasteiger partial charge in [0.05, 0.1) is 12.6 Å². The van der Waals surface area contributed by atoms with Crippen LogP contribution in [0.4, 0.5) is 4.79 Å². The Kier molecular flexibility index (Phi) is 3.10. The van der Waals surface area contributed by atoms with Crippen molar-refractivity contribution in [3.63, 3.8) is 0 Å². The lowest BCUT2D eigenvalue weighted by molar-refractivity contribution is -0.00887. The molecule has 4 nitrogen and oxygen atoms in total. The van der Waals surface area contributed by atoms with E-state index in [9.17, 15) is 9.90 Å². The van der Waals surface area contributed by atoms with Crippen LogP contribution in [0.15, 0.2) is 0 Å². The third kappa shape index (κ3) is 2.92. The van der Waals surface area contributed by atoms with Crippen LogP contribution in [0.1, 0.15) is 46.5 Å². The standard InChI is InChI=1S/C13H23NO3/c1-12(2,3)17-11(16)14-9-13(6-7-13)5-4-10(14)8-15/h10,15H,4-9H2,1-3H3/t10-/m0/s1. The summed E-state index contributed by atoms with van der Waals surface area (Å²) in [6.45, 7) is 6.41. The van der Waals surface area contributed by atoms with Crippen LogP contribution in [-0.4, -0.2) is 40.9 Å². The monoisotopic (exact) mass is 241 g/mol. The van der Waals surface area contributed by atoms with Gasteiger partial charge in [-0.05, 0) is 51.9 Å². The van der Waals surface area contributed by atoms with Crippen LogP contribution < -0.4 is 0 Å². The van der Waals surface area contributed by atoms with E-state index in [4.69, 9.17) is 4.74 Å². The number of hydrogen-bond acceptors (Lipinski definition) is 3. The fourth-order valence-corrected chi connectivity index (χ4v) is 2.51. The molecule has 0 aromatic carbocycles. The molecule has 1 aliphatic carbocycles. The third-order valence-corrected chi connectivity index (χ3v) is 3.75. The fraction of sp³-hybridized carbons (Fsp3) is 0.923. The maximum Gasteiger partial charge on any atom is 0.410 e. The molecule has 0 bridgehead atoms. The zero-order valence-corrected chi connectivity index (χ0v) is 11.0. The molecule has 0 aromatic heterocycles. The maximum absolute atomic E-state index is 12.1. The minimum atomic E-state index is -0.467. The number of amides is 1. The number of aliphatic hydroxyl groups excluding tert-OH is 1. The Balaban J connectivity index is 2.02. The second-order valence-electron chi connectivity index (χ2n) is 6.48. The van der Waals surface area contributed by atoms with E-state index in [1.54, 1.807) is 4.90 Å². The molecular formula is C13H23NO3. The van der Waals surface area contributed by atoms with Gasteiger partial charge in [0.1, 0.15) is 5.60 Å². The molecule has 17 heavy (non-hydrogen) atoms. The molecule has 1 heterocycles. The quantitative estimate of drug-likeness (QED) is 0.765. The van der Waals surface area contributed by atoms with Crippen molar-refractivity contribution in [1.82, 2.24) is 4.90 Å².